The Kier molecular flexibility index (Phi) is 4.62. The van der Waals surface area contributed by atoms with Crippen LogP contribution in [-0.2, 0) is 4.74 Å². The Morgan fingerprint density at radius 3 is 2.53 bits per heavy atom. The molecule has 1 aliphatic rings. The van der Waals surface area contributed by atoms with Gasteiger partial charge in [0.05, 0.1) is 12.1 Å². The third-order valence-electron chi connectivity index (χ3n) is 2.84. The zero-order chi connectivity index (χ0) is 13.1. The van der Waals surface area contributed by atoms with Gasteiger partial charge in [0.1, 0.15) is 0 Å². The van der Waals surface area contributed by atoms with E-state index < -0.39 is 31.0 Å². The molecule has 1 amide bonds. The lowest BCUT2D eigenvalue weighted by Gasteiger charge is -2.34. The molecule has 1 fully saturated rings. The van der Waals surface area contributed by atoms with Gasteiger partial charge in [-0.15, -0.1) is 0 Å². The Morgan fingerprint density at radius 1 is 1.41 bits per heavy atom. The zero-order valence-electron chi connectivity index (χ0n) is 9.54. The number of halogens is 3. The number of ether oxygens (including phenoxy) is 1. The van der Waals surface area contributed by atoms with Gasteiger partial charge in [-0.05, 0) is 12.8 Å². The summed E-state index contributed by atoms with van der Waals surface area (Å²) < 4.78 is 39.7. The molecule has 0 spiro atoms. The zero-order valence-corrected chi connectivity index (χ0v) is 9.54. The molecule has 1 N–H and O–H groups in total. The molecule has 1 saturated carbocycles. The molecule has 1 aliphatic carbocycles. The van der Waals surface area contributed by atoms with Crippen molar-refractivity contribution in [2.45, 2.75) is 44.0 Å². The van der Waals surface area contributed by atoms with Crippen molar-refractivity contribution in [1.82, 2.24) is 4.90 Å². The molecular formula is C10H16F3NO3. The number of hydrogen-bond acceptors (Lipinski definition) is 3. The Hall–Kier alpha value is -0.980. The predicted octanol–water partition coefficient (Wildman–Crippen LogP) is 1.92. The summed E-state index contributed by atoms with van der Waals surface area (Å²) in [5.74, 6) is 0. The molecule has 4 nitrogen and oxygen atoms in total. The van der Waals surface area contributed by atoms with Crippen molar-refractivity contribution in [3.05, 3.63) is 0 Å². The third-order valence-corrected chi connectivity index (χ3v) is 2.84. The van der Waals surface area contributed by atoms with Gasteiger partial charge in [-0.2, -0.15) is 13.2 Å². The van der Waals surface area contributed by atoms with Crippen LogP contribution in [0, 0.1) is 0 Å². The molecule has 0 aromatic rings. The van der Waals surface area contributed by atoms with Crippen molar-refractivity contribution in [3.8, 4) is 0 Å². The summed E-state index contributed by atoms with van der Waals surface area (Å²) in [4.78, 5) is 12.4. The fourth-order valence-electron chi connectivity index (χ4n) is 1.92. The first-order valence-corrected chi connectivity index (χ1v) is 5.45. The molecule has 0 radical (unpaired) electrons. The van der Waals surface area contributed by atoms with Gasteiger partial charge < -0.3 is 14.7 Å². The van der Waals surface area contributed by atoms with Crippen LogP contribution in [0.2, 0.25) is 0 Å². The van der Waals surface area contributed by atoms with Crippen LogP contribution < -0.4 is 0 Å². The highest BCUT2D eigenvalue weighted by atomic mass is 19.4. The van der Waals surface area contributed by atoms with Gasteiger partial charge in [0.25, 0.3) is 0 Å². The van der Waals surface area contributed by atoms with E-state index in [2.05, 4.69) is 4.74 Å². The number of likely N-dealkylation sites (N-methyl/N-ethyl adjacent to an activating group) is 1. The number of carbonyl (C=O) groups is 1. The van der Waals surface area contributed by atoms with Crippen LogP contribution in [0.4, 0.5) is 18.0 Å². The lowest BCUT2D eigenvalue weighted by atomic mass is 9.92. The van der Waals surface area contributed by atoms with E-state index in [1.807, 2.05) is 0 Å². The molecule has 17 heavy (non-hydrogen) atoms. The van der Waals surface area contributed by atoms with Crippen molar-refractivity contribution < 1.29 is 27.8 Å². The SMILES string of the molecule is CN(C(=O)OCC(F)(F)F)C1CCCCC1O. The van der Waals surface area contributed by atoms with Crippen molar-refractivity contribution >= 4 is 6.09 Å². The number of amides is 1. The molecule has 1 rings (SSSR count). The maximum absolute atomic E-state index is 11.9. The highest BCUT2D eigenvalue weighted by molar-refractivity contribution is 5.67. The topological polar surface area (TPSA) is 49.8 Å². The Bertz CT molecular complexity index is 270. The molecule has 0 heterocycles. The second-order valence-corrected chi connectivity index (χ2v) is 4.20. The predicted molar refractivity (Wildman–Crippen MR) is 53.4 cm³/mol. The third kappa shape index (κ3) is 4.41. The van der Waals surface area contributed by atoms with Crippen molar-refractivity contribution in [3.63, 3.8) is 0 Å². The van der Waals surface area contributed by atoms with Crippen LogP contribution in [0.25, 0.3) is 0 Å². The first-order chi connectivity index (χ1) is 7.81. The number of nitrogens with zero attached hydrogens (tertiary/aromatic N) is 1. The Balaban J connectivity index is 2.45. The minimum Gasteiger partial charge on any atom is -0.440 e. The average Bonchev–Trinajstić information content (AvgIpc) is 2.24. The first kappa shape index (κ1) is 14.1. The second kappa shape index (κ2) is 5.57. The quantitative estimate of drug-likeness (QED) is 0.820. The maximum atomic E-state index is 11.9. The standard InChI is InChI=1S/C10H16F3NO3/c1-14(7-4-2-3-5-8(7)15)9(16)17-6-10(11,12)13/h7-8,15H,2-6H2,1H3. The van der Waals surface area contributed by atoms with Crippen LogP contribution in [0.1, 0.15) is 25.7 Å². The molecule has 2 atom stereocenters. The van der Waals surface area contributed by atoms with E-state index in [4.69, 9.17) is 0 Å². The summed E-state index contributed by atoms with van der Waals surface area (Å²) in [7, 11) is 1.35. The van der Waals surface area contributed by atoms with Crippen molar-refractivity contribution in [2.75, 3.05) is 13.7 Å². The van der Waals surface area contributed by atoms with Crippen LogP contribution in [0.15, 0.2) is 0 Å². The molecule has 7 heteroatoms. The van der Waals surface area contributed by atoms with Gasteiger partial charge >= 0.3 is 12.3 Å². The van der Waals surface area contributed by atoms with Gasteiger partial charge in [-0.3, -0.25) is 0 Å². The number of hydrogen-bond donors (Lipinski definition) is 1. The van der Waals surface area contributed by atoms with E-state index in [0.717, 1.165) is 17.7 Å². The monoisotopic (exact) mass is 255 g/mol. The Labute approximate surface area is 97.3 Å². The number of carbonyl (C=O) groups excluding carboxylic acids is 1. The minimum atomic E-state index is -4.53. The lowest BCUT2D eigenvalue weighted by molar-refractivity contribution is -0.163. The van der Waals surface area contributed by atoms with Gasteiger partial charge in [0.2, 0.25) is 0 Å². The molecule has 2 unspecified atom stereocenters. The molecule has 0 aromatic carbocycles. The van der Waals surface area contributed by atoms with E-state index in [9.17, 15) is 23.1 Å². The minimum absolute atomic E-state index is 0.454. The van der Waals surface area contributed by atoms with Crippen LogP contribution >= 0.6 is 0 Å². The number of alkyl halides is 3. The van der Waals surface area contributed by atoms with E-state index in [1.165, 1.54) is 7.05 Å². The number of aliphatic hydroxyl groups excluding tert-OH is 1. The van der Waals surface area contributed by atoms with Gasteiger partial charge in [-0.25, -0.2) is 4.79 Å². The fraction of sp³-hybridized carbons (Fsp3) is 0.900. The summed E-state index contributed by atoms with van der Waals surface area (Å²) in [6.45, 7) is -1.60. The largest absolute Gasteiger partial charge is 0.440 e. The molecule has 0 saturated heterocycles. The molecule has 0 aromatic heterocycles. The summed E-state index contributed by atoms with van der Waals surface area (Å²) in [6.07, 6.45) is -3.41. The number of aliphatic hydroxyl groups is 1. The highest BCUT2D eigenvalue weighted by Crippen LogP contribution is 2.23. The van der Waals surface area contributed by atoms with Crippen LogP contribution in [0.5, 0.6) is 0 Å². The molecular weight excluding hydrogens is 239 g/mol. The van der Waals surface area contributed by atoms with E-state index in [-0.39, 0.29) is 0 Å². The van der Waals surface area contributed by atoms with Gasteiger partial charge in [-0.1, -0.05) is 12.8 Å². The summed E-state index contributed by atoms with van der Waals surface area (Å²) in [5.41, 5.74) is 0. The van der Waals surface area contributed by atoms with Crippen molar-refractivity contribution in [1.29, 1.82) is 0 Å². The van der Waals surface area contributed by atoms with Crippen molar-refractivity contribution in [2.24, 2.45) is 0 Å². The maximum Gasteiger partial charge on any atom is 0.422 e. The smallest absolute Gasteiger partial charge is 0.422 e. The van der Waals surface area contributed by atoms with E-state index in [0.29, 0.717) is 12.8 Å². The van der Waals surface area contributed by atoms with Crippen LogP contribution in [0.3, 0.4) is 0 Å². The van der Waals surface area contributed by atoms with Gasteiger partial charge in [0, 0.05) is 7.05 Å². The highest BCUT2D eigenvalue weighted by Gasteiger charge is 2.33. The molecule has 0 aliphatic heterocycles. The summed E-state index contributed by atoms with van der Waals surface area (Å²) in [5, 5.41) is 9.64. The summed E-state index contributed by atoms with van der Waals surface area (Å²) in [6, 6.07) is -0.454. The average molecular weight is 255 g/mol. The van der Waals surface area contributed by atoms with E-state index >= 15 is 0 Å². The normalized spacial score (nSPS) is 25.5. The first-order valence-electron chi connectivity index (χ1n) is 5.45. The summed E-state index contributed by atoms with van der Waals surface area (Å²) >= 11 is 0. The van der Waals surface area contributed by atoms with E-state index in [1.54, 1.807) is 0 Å². The second-order valence-electron chi connectivity index (χ2n) is 4.20. The van der Waals surface area contributed by atoms with Crippen LogP contribution in [-0.4, -0.2) is 48.1 Å². The molecule has 100 valence electrons. The number of rotatable bonds is 2. The molecule has 0 bridgehead atoms. The van der Waals surface area contributed by atoms with Gasteiger partial charge in [0.15, 0.2) is 6.61 Å². The Morgan fingerprint density at radius 2 is 2.00 bits per heavy atom. The fourth-order valence-corrected chi connectivity index (χ4v) is 1.92. The lowest BCUT2D eigenvalue weighted by Crippen LogP contribution is -2.47.